The van der Waals surface area contributed by atoms with E-state index in [2.05, 4.69) is 42.5 Å². The molecule has 0 spiro atoms. The standard InChI is InChI=1S/C18H22N4/c1-4-15(19)11-22-17-9-13(3)12(2)8-16(17)21-18(22)14-6-5-7-20-10-14/h5-10,15H,4,11,19H2,1-3H3. The van der Waals surface area contributed by atoms with Crippen molar-refractivity contribution >= 4 is 11.0 Å². The van der Waals surface area contributed by atoms with Gasteiger partial charge in [0.15, 0.2) is 0 Å². The molecule has 4 heteroatoms. The maximum Gasteiger partial charge on any atom is 0.142 e. The average molecular weight is 294 g/mol. The van der Waals surface area contributed by atoms with Crippen molar-refractivity contribution in [2.24, 2.45) is 5.73 Å². The number of hydrogen-bond acceptors (Lipinski definition) is 3. The van der Waals surface area contributed by atoms with Crippen molar-refractivity contribution < 1.29 is 0 Å². The SMILES string of the molecule is CCC(N)Cn1c(-c2cccnc2)nc2cc(C)c(C)cc21. The Hall–Kier alpha value is -2.20. The van der Waals surface area contributed by atoms with Gasteiger partial charge in [-0.05, 0) is 55.7 Å². The Morgan fingerprint density at radius 2 is 2.00 bits per heavy atom. The summed E-state index contributed by atoms with van der Waals surface area (Å²) >= 11 is 0. The summed E-state index contributed by atoms with van der Waals surface area (Å²) in [5.41, 5.74) is 11.9. The van der Waals surface area contributed by atoms with Crippen LogP contribution < -0.4 is 5.73 Å². The Morgan fingerprint density at radius 3 is 2.68 bits per heavy atom. The molecule has 0 aliphatic rings. The number of rotatable bonds is 4. The van der Waals surface area contributed by atoms with Gasteiger partial charge in [-0.25, -0.2) is 4.98 Å². The highest BCUT2D eigenvalue weighted by Crippen LogP contribution is 2.27. The van der Waals surface area contributed by atoms with Gasteiger partial charge in [-0.3, -0.25) is 4.98 Å². The first-order valence-electron chi connectivity index (χ1n) is 7.73. The molecule has 0 aliphatic carbocycles. The van der Waals surface area contributed by atoms with Crippen molar-refractivity contribution in [3.8, 4) is 11.4 Å². The first kappa shape index (κ1) is 14.7. The van der Waals surface area contributed by atoms with Gasteiger partial charge < -0.3 is 10.3 Å². The first-order chi connectivity index (χ1) is 10.6. The molecule has 0 radical (unpaired) electrons. The minimum absolute atomic E-state index is 0.120. The van der Waals surface area contributed by atoms with Crippen molar-refractivity contribution in [1.29, 1.82) is 0 Å². The number of imidazole rings is 1. The summed E-state index contributed by atoms with van der Waals surface area (Å²) < 4.78 is 2.23. The van der Waals surface area contributed by atoms with E-state index in [1.165, 1.54) is 11.1 Å². The Bertz CT molecular complexity index is 790. The minimum Gasteiger partial charge on any atom is -0.326 e. The highest BCUT2D eigenvalue weighted by atomic mass is 15.1. The van der Waals surface area contributed by atoms with Gasteiger partial charge >= 0.3 is 0 Å². The molecule has 2 N–H and O–H groups in total. The minimum atomic E-state index is 0.120. The molecule has 0 saturated carbocycles. The monoisotopic (exact) mass is 294 g/mol. The van der Waals surface area contributed by atoms with Crippen LogP contribution in [0.1, 0.15) is 24.5 Å². The summed E-state index contributed by atoms with van der Waals surface area (Å²) in [7, 11) is 0. The quantitative estimate of drug-likeness (QED) is 0.801. The highest BCUT2D eigenvalue weighted by Gasteiger charge is 2.15. The summed E-state index contributed by atoms with van der Waals surface area (Å²) in [6.45, 7) is 7.13. The molecular weight excluding hydrogens is 272 g/mol. The van der Waals surface area contributed by atoms with Gasteiger partial charge in [0.25, 0.3) is 0 Å². The van der Waals surface area contributed by atoms with Gasteiger partial charge in [0.1, 0.15) is 5.82 Å². The van der Waals surface area contributed by atoms with Crippen molar-refractivity contribution in [3.05, 3.63) is 47.8 Å². The van der Waals surface area contributed by atoms with Crippen molar-refractivity contribution in [3.63, 3.8) is 0 Å². The van der Waals surface area contributed by atoms with Crippen molar-refractivity contribution in [2.75, 3.05) is 0 Å². The van der Waals surface area contributed by atoms with Crippen LogP contribution in [0.4, 0.5) is 0 Å². The first-order valence-corrected chi connectivity index (χ1v) is 7.73. The number of aromatic nitrogens is 3. The lowest BCUT2D eigenvalue weighted by Crippen LogP contribution is -2.25. The van der Waals surface area contributed by atoms with Gasteiger partial charge in [0.05, 0.1) is 11.0 Å². The molecule has 0 aliphatic heterocycles. The number of nitrogens with two attached hydrogens (primary N) is 1. The van der Waals surface area contributed by atoms with Crippen molar-refractivity contribution in [1.82, 2.24) is 14.5 Å². The molecular formula is C18H22N4. The van der Waals surface area contributed by atoms with Crippen LogP contribution in [-0.2, 0) is 6.54 Å². The number of aryl methyl sites for hydroxylation is 2. The average Bonchev–Trinajstić information content (AvgIpc) is 2.86. The predicted octanol–water partition coefficient (Wildman–Crippen LogP) is 3.45. The molecule has 0 fully saturated rings. The van der Waals surface area contributed by atoms with E-state index in [0.717, 1.165) is 35.4 Å². The number of nitrogens with zero attached hydrogens (tertiary/aromatic N) is 3. The molecule has 1 unspecified atom stereocenters. The molecule has 0 amide bonds. The van der Waals surface area contributed by atoms with Gasteiger partial charge in [0.2, 0.25) is 0 Å². The highest BCUT2D eigenvalue weighted by molar-refractivity contribution is 5.82. The summed E-state index contributed by atoms with van der Waals surface area (Å²) in [5.74, 6) is 0.942. The summed E-state index contributed by atoms with van der Waals surface area (Å²) in [6.07, 6.45) is 4.58. The van der Waals surface area contributed by atoms with Gasteiger partial charge in [-0.1, -0.05) is 6.92 Å². The maximum absolute atomic E-state index is 6.21. The fourth-order valence-corrected chi connectivity index (χ4v) is 2.64. The topological polar surface area (TPSA) is 56.7 Å². The normalized spacial score (nSPS) is 12.7. The van der Waals surface area contributed by atoms with Crippen LogP contribution in [-0.4, -0.2) is 20.6 Å². The second-order valence-electron chi connectivity index (χ2n) is 5.88. The Kier molecular flexibility index (Phi) is 3.94. The third-order valence-corrected chi connectivity index (χ3v) is 4.22. The Labute approximate surface area is 131 Å². The molecule has 0 bridgehead atoms. The molecule has 1 atom stereocenters. The fourth-order valence-electron chi connectivity index (χ4n) is 2.64. The molecule has 3 rings (SSSR count). The molecule has 2 aromatic heterocycles. The number of fused-ring (bicyclic) bond motifs is 1. The third kappa shape index (κ3) is 2.62. The number of benzene rings is 1. The maximum atomic E-state index is 6.21. The Balaban J connectivity index is 2.23. The fraction of sp³-hybridized carbons (Fsp3) is 0.333. The molecule has 4 nitrogen and oxygen atoms in total. The molecule has 1 aromatic carbocycles. The molecule has 0 saturated heterocycles. The number of hydrogen-bond donors (Lipinski definition) is 1. The van der Waals surface area contributed by atoms with Gasteiger partial charge in [0, 0.05) is 30.5 Å². The van der Waals surface area contributed by atoms with Crippen LogP contribution in [0.2, 0.25) is 0 Å². The van der Waals surface area contributed by atoms with E-state index in [-0.39, 0.29) is 6.04 Å². The zero-order chi connectivity index (χ0) is 15.7. The van der Waals surface area contributed by atoms with Gasteiger partial charge in [-0.2, -0.15) is 0 Å². The number of pyridine rings is 1. The zero-order valence-electron chi connectivity index (χ0n) is 13.4. The molecule has 2 heterocycles. The van der Waals surface area contributed by atoms with Crippen molar-refractivity contribution in [2.45, 2.75) is 39.8 Å². The van der Waals surface area contributed by atoms with E-state index < -0.39 is 0 Å². The third-order valence-electron chi connectivity index (χ3n) is 4.22. The van der Waals surface area contributed by atoms with Gasteiger partial charge in [-0.15, -0.1) is 0 Å². The van der Waals surface area contributed by atoms with Crippen LogP contribution in [0.15, 0.2) is 36.7 Å². The second kappa shape index (κ2) is 5.89. The van der Waals surface area contributed by atoms with E-state index in [1.807, 2.05) is 18.3 Å². The van der Waals surface area contributed by atoms with E-state index in [1.54, 1.807) is 6.20 Å². The molecule has 22 heavy (non-hydrogen) atoms. The van der Waals surface area contributed by atoms with E-state index >= 15 is 0 Å². The van der Waals surface area contributed by atoms with Crippen LogP contribution in [0.25, 0.3) is 22.4 Å². The van der Waals surface area contributed by atoms with Crippen LogP contribution in [0.3, 0.4) is 0 Å². The molecule has 114 valence electrons. The largest absolute Gasteiger partial charge is 0.326 e. The predicted molar refractivity (Wildman–Crippen MR) is 90.7 cm³/mol. The Morgan fingerprint density at radius 1 is 1.23 bits per heavy atom. The lowest BCUT2D eigenvalue weighted by atomic mass is 10.1. The summed E-state index contributed by atoms with van der Waals surface area (Å²) in [4.78, 5) is 9.06. The lowest BCUT2D eigenvalue weighted by Gasteiger charge is -2.14. The van der Waals surface area contributed by atoms with E-state index in [0.29, 0.717) is 0 Å². The van der Waals surface area contributed by atoms with Crippen LogP contribution in [0.5, 0.6) is 0 Å². The second-order valence-corrected chi connectivity index (χ2v) is 5.88. The van der Waals surface area contributed by atoms with Crippen LogP contribution >= 0.6 is 0 Å². The van der Waals surface area contributed by atoms with Crippen LogP contribution in [0, 0.1) is 13.8 Å². The smallest absolute Gasteiger partial charge is 0.142 e. The van der Waals surface area contributed by atoms with E-state index in [4.69, 9.17) is 10.7 Å². The lowest BCUT2D eigenvalue weighted by molar-refractivity contribution is 0.551. The van der Waals surface area contributed by atoms with E-state index in [9.17, 15) is 0 Å². The molecule has 3 aromatic rings. The summed E-state index contributed by atoms with van der Waals surface area (Å²) in [5, 5.41) is 0. The summed E-state index contributed by atoms with van der Waals surface area (Å²) in [6, 6.07) is 8.46. The zero-order valence-corrected chi connectivity index (χ0v) is 13.4.